The van der Waals surface area contributed by atoms with Gasteiger partial charge >= 0.3 is 0 Å². The first-order valence-electron chi connectivity index (χ1n) is 5.43. The molecule has 1 rings (SSSR count). The van der Waals surface area contributed by atoms with Crippen molar-refractivity contribution in [2.75, 3.05) is 13.1 Å². The summed E-state index contributed by atoms with van der Waals surface area (Å²) >= 11 is 0. The predicted octanol–water partition coefficient (Wildman–Crippen LogP) is 3.32. The lowest BCUT2D eigenvalue weighted by atomic mass is 10.0. The van der Waals surface area contributed by atoms with E-state index in [9.17, 15) is 5.26 Å². The summed E-state index contributed by atoms with van der Waals surface area (Å²) in [5.74, 6) is 0. The molecular formula is C13H19ClN2. The van der Waals surface area contributed by atoms with E-state index in [1.165, 1.54) is 5.56 Å². The molecule has 0 aliphatic carbocycles. The summed E-state index contributed by atoms with van der Waals surface area (Å²) < 4.78 is 0. The van der Waals surface area contributed by atoms with Crippen molar-refractivity contribution in [3.63, 3.8) is 0 Å². The van der Waals surface area contributed by atoms with Crippen molar-refractivity contribution in [1.82, 2.24) is 4.90 Å². The molecule has 0 N–H and O–H groups in total. The Bertz CT molecular complexity index is 336. The van der Waals surface area contributed by atoms with Gasteiger partial charge in [-0.05, 0) is 25.6 Å². The van der Waals surface area contributed by atoms with E-state index in [2.05, 4.69) is 43.9 Å². The minimum Gasteiger partial charge on any atom is -0.285 e. The minimum absolute atomic E-state index is 0. The maximum absolute atomic E-state index is 9.19. The maximum atomic E-state index is 9.19. The highest BCUT2D eigenvalue weighted by Gasteiger charge is 2.16. The molecule has 0 spiro atoms. The molecular weight excluding hydrogens is 220 g/mol. The Morgan fingerprint density at radius 1 is 1.19 bits per heavy atom. The highest BCUT2D eigenvalue weighted by Crippen LogP contribution is 2.19. The van der Waals surface area contributed by atoms with Crippen molar-refractivity contribution in [2.24, 2.45) is 0 Å². The van der Waals surface area contributed by atoms with Gasteiger partial charge in [-0.15, -0.1) is 12.4 Å². The molecule has 0 fully saturated rings. The molecule has 0 saturated carbocycles. The van der Waals surface area contributed by atoms with E-state index in [-0.39, 0.29) is 18.4 Å². The third kappa shape index (κ3) is 3.52. The average molecular weight is 239 g/mol. The molecule has 0 aliphatic heterocycles. The Hall–Kier alpha value is -1.04. The van der Waals surface area contributed by atoms with Crippen molar-refractivity contribution >= 4 is 12.4 Å². The Kier molecular flexibility index (Phi) is 6.80. The van der Waals surface area contributed by atoms with Crippen LogP contribution >= 0.6 is 12.4 Å². The van der Waals surface area contributed by atoms with Gasteiger partial charge in [-0.3, -0.25) is 4.90 Å². The lowest BCUT2D eigenvalue weighted by molar-refractivity contribution is 0.262. The van der Waals surface area contributed by atoms with Gasteiger partial charge in [-0.25, -0.2) is 0 Å². The summed E-state index contributed by atoms with van der Waals surface area (Å²) in [4.78, 5) is 2.16. The molecule has 3 heteroatoms. The zero-order valence-electron chi connectivity index (χ0n) is 10.1. The van der Waals surface area contributed by atoms with Crippen molar-refractivity contribution in [3.8, 4) is 6.07 Å². The number of aryl methyl sites for hydroxylation is 1. The number of hydrogen-bond donors (Lipinski definition) is 0. The zero-order valence-corrected chi connectivity index (χ0v) is 10.9. The summed E-state index contributed by atoms with van der Waals surface area (Å²) in [5.41, 5.74) is 2.32. The first kappa shape index (κ1) is 15.0. The van der Waals surface area contributed by atoms with Crippen molar-refractivity contribution in [1.29, 1.82) is 5.26 Å². The lowest BCUT2D eigenvalue weighted by Crippen LogP contribution is -2.27. The molecule has 0 radical (unpaired) electrons. The first-order valence-corrected chi connectivity index (χ1v) is 5.43. The Labute approximate surface area is 104 Å². The number of halogens is 1. The third-order valence-electron chi connectivity index (χ3n) is 2.69. The molecule has 0 aromatic heterocycles. The summed E-state index contributed by atoms with van der Waals surface area (Å²) in [6, 6.07) is 10.5. The van der Waals surface area contributed by atoms with E-state index in [1.807, 2.05) is 12.1 Å². The largest absolute Gasteiger partial charge is 0.285 e. The van der Waals surface area contributed by atoms with E-state index in [1.54, 1.807) is 0 Å². The number of nitriles is 1. The van der Waals surface area contributed by atoms with Crippen LogP contribution in [-0.4, -0.2) is 18.0 Å². The fraction of sp³-hybridized carbons (Fsp3) is 0.462. The Morgan fingerprint density at radius 3 is 2.06 bits per heavy atom. The fourth-order valence-corrected chi connectivity index (χ4v) is 1.70. The van der Waals surface area contributed by atoms with Crippen molar-refractivity contribution in [3.05, 3.63) is 35.4 Å². The Morgan fingerprint density at radius 2 is 1.69 bits per heavy atom. The summed E-state index contributed by atoms with van der Waals surface area (Å²) in [5, 5.41) is 9.19. The van der Waals surface area contributed by atoms with Crippen molar-refractivity contribution in [2.45, 2.75) is 26.8 Å². The van der Waals surface area contributed by atoms with Crippen LogP contribution in [0.15, 0.2) is 24.3 Å². The second-order valence-corrected chi connectivity index (χ2v) is 3.66. The molecule has 2 nitrogen and oxygen atoms in total. The zero-order chi connectivity index (χ0) is 11.3. The van der Waals surface area contributed by atoms with Gasteiger partial charge in [0.25, 0.3) is 0 Å². The highest BCUT2D eigenvalue weighted by molar-refractivity contribution is 5.85. The lowest BCUT2D eigenvalue weighted by Gasteiger charge is -2.24. The standard InChI is InChI=1S/C13H18N2.ClH/c1-4-15(5-2)13(10-14)12-8-6-11(3)7-9-12;/h6-9,13H,4-5H2,1-3H3;1H. The monoisotopic (exact) mass is 238 g/mol. The van der Waals surface area contributed by atoms with E-state index in [0.29, 0.717) is 0 Å². The van der Waals surface area contributed by atoms with E-state index < -0.39 is 0 Å². The van der Waals surface area contributed by atoms with Gasteiger partial charge in [0.2, 0.25) is 0 Å². The SMILES string of the molecule is CCN(CC)C(C#N)c1ccc(C)cc1.Cl. The van der Waals surface area contributed by atoms with Crippen LogP contribution in [0.25, 0.3) is 0 Å². The van der Waals surface area contributed by atoms with Gasteiger partial charge < -0.3 is 0 Å². The molecule has 1 aromatic rings. The maximum Gasteiger partial charge on any atom is 0.123 e. The summed E-state index contributed by atoms with van der Waals surface area (Å²) in [7, 11) is 0. The molecule has 16 heavy (non-hydrogen) atoms. The van der Waals surface area contributed by atoms with Gasteiger partial charge in [0.15, 0.2) is 0 Å². The van der Waals surface area contributed by atoms with E-state index in [0.717, 1.165) is 18.7 Å². The molecule has 0 saturated heterocycles. The van der Waals surface area contributed by atoms with Crippen LogP contribution in [0.3, 0.4) is 0 Å². The summed E-state index contributed by atoms with van der Waals surface area (Å²) in [6.07, 6.45) is 0. The first-order chi connectivity index (χ1) is 7.22. The topological polar surface area (TPSA) is 27.0 Å². The van der Waals surface area contributed by atoms with Crippen LogP contribution in [0, 0.1) is 18.3 Å². The van der Waals surface area contributed by atoms with Crippen LogP contribution in [0.2, 0.25) is 0 Å². The molecule has 0 amide bonds. The average Bonchev–Trinajstić information content (AvgIpc) is 2.27. The number of benzene rings is 1. The molecule has 1 atom stereocenters. The summed E-state index contributed by atoms with van der Waals surface area (Å²) in [6.45, 7) is 8.04. The van der Waals surface area contributed by atoms with Crippen LogP contribution in [0.1, 0.15) is 31.0 Å². The molecule has 0 bridgehead atoms. The fourth-order valence-electron chi connectivity index (χ4n) is 1.70. The van der Waals surface area contributed by atoms with Crippen LogP contribution in [-0.2, 0) is 0 Å². The van der Waals surface area contributed by atoms with E-state index in [4.69, 9.17) is 0 Å². The molecule has 1 unspecified atom stereocenters. The normalized spacial score (nSPS) is 11.7. The van der Waals surface area contributed by atoms with Gasteiger partial charge in [-0.2, -0.15) is 5.26 Å². The smallest absolute Gasteiger partial charge is 0.123 e. The van der Waals surface area contributed by atoms with E-state index >= 15 is 0 Å². The second-order valence-electron chi connectivity index (χ2n) is 3.66. The number of nitrogens with zero attached hydrogens (tertiary/aromatic N) is 2. The highest BCUT2D eigenvalue weighted by atomic mass is 35.5. The van der Waals surface area contributed by atoms with Crippen LogP contribution in [0.4, 0.5) is 0 Å². The number of hydrogen-bond acceptors (Lipinski definition) is 2. The molecule has 0 aliphatic rings. The Balaban J connectivity index is 0.00000225. The van der Waals surface area contributed by atoms with Crippen LogP contribution in [0.5, 0.6) is 0 Å². The quantitative estimate of drug-likeness (QED) is 0.805. The van der Waals surface area contributed by atoms with Gasteiger partial charge in [0.05, 0.1) is 6.07 Å². The van der Waals surface area contributed by atoms with Gasteiger partial charge in [-0.1, -0.05) is 43.7 Å². The molecule has 0 heterocycles. The van der Waals surface area contributed by atoms with Gasteiger partial charge in [0.1, 0.15) is 6.04 Å². The number of rotatable bonds is 4. The second kappa shape index (κ2) is 7.27. The predicted molar refractivity (Wildman–Crippen MR) is 69.7 cm³/mol. The van der Waals surface area contributed by atoms with Gasteiger partial charge in [0, 0.05) is 0 Å². The molecule has 1 aromatic carbocycles. The molecule has 88 valence electrons. The van der Waals surface area contributed by atoms with Crippen LogP contribution < -0.4 is 0 Å². The van der Waals surface area contributed by atoms with Crippen molar-refractivity contribution < 1.29 is 0 Å². The minimum atomic E-state index is -0.111. The third-order valence-corrected chi connectivity index (χ3v) is 2.69.